The molecule has 5 aromatic carbocycles. The average molecular weight is 1030 g/mol. The van der Waals surface area contributed by atoms with Crippen LogP contribution in [0, 0.1) is 0 Å². The fourth-order valence-electron chi connectivity index (χ4n) is 6.91. The van der Waals surface area contributed by atoms with E-state index in [1.54, 1.807) is 48.5 Å². The van der Waals surface area contributed by atoms with Crippen molar-refractivity contribution in [3.63, 3.8) is 0 Å². The van der Waals surface area contributed by atoms with E-state index in [1.807, 2.05) is 48.5 Å². The molecule has 0 amide bonds. The number of halogens is 7. The van der Waals surface area contributed by atoms with Crippen LogP contribution in [0.1, 0.15) is 39.2 Å². The molecule has 0 bridgehead atoms. The second-order valence-electron chi connectivity index (χ2n) is 14.5. The highest BCUT2D eigenvalue weighted by molar-refractivity contribution is 8.13. The number of fused-ring (bicyclic) bond motifs is 6. The maximum absolute atomic E-state index is 12.7. The fourth-order valence-corrected chi connectivity index (χ4v) is 9.51. The van der Waals surface area contributed by atoms with Gasteiger partial charge in [0.2, 0.25) is 9.05 Å². The molecule has 0 fully saturated rings. The minimum atomic E-state index is -3.58. The lowest BCUT2D eigenvalue weighted by Gasteiger charge is -2.26. The number of aromatic nitrogens is 2. The van der Waals surface area contributed by atoms with Crippen molar-refractivity contribution in [1.82, 2.24) is 24.3 Å². The molecule has 7 aromatic rings. The summed E-state index contributed by atoms with van der Waals surface area (Å²) in [6, 6.07) is 33.3. The number of benzene rings is 5. The normalized spacial score (nSPS) is 13.6. The Bertz CT molecular complexity index is 2820. The number of aryl methyl sites for hydroxylation is 1. The number of rotatable bonds is 8. The second kappa shape index (κ2) is 23.4. The number of aromatic amines is 2. The van der Waals surface area contributed by atoms with Crippen molar-refractivity contribution in [2.45, 2.75) is 45.4 Å². The van der Waals surface area contributed by atoms with E-state index < -0.39 is 19.3 Å². The largest absolute Gasteiger partial charge is 0.357 e. The van der Waals surface area contributed by atoms with E-state index in [2.05, 4.69) is 32.1 Å². The van der Waals surface area contributed by atoms with Gasteiger partial charge in [-0.15, -0.1) is 12.4 Å². The topological polar surface area (TPSA) is 153 Å². The number of nitrogens with two attached hydrogens (primary N) is 1. The first-order chi connectivity index (χ1) is 29.6. The molecule has 0 radical (unpaired) electrons. The molecule has 6 N–H and O–H groups in total. The molecule has 0 spiro atoms. The zero-order chi connectivity index (χ0) is 44.4. The molecule has 63 heavy (non-hydrogen) atoms. The molecule has 0 atom stereocenters. The van der Waals surface area contributed by atoms with Crippen LogP contribution < -0.4 is 15.8 Å². The van der Waals surface area contributed by atoms with Gasteiger partial charge in [0.25, 0.3) is 10.2 Å². The van der Waals surface area contributed by atoms with Gasteiger partial charge in [-0.2, -0.15) is 17.4 Å². The SMILES string of the molecule is Cl.Clc1ccc2[nH]c3c(c2c1)CCNC3.NCc1ccc(Cl)cc1.O=S(=O)(Cl)CCc1ccc(Cl)cc1.O=S(=O)(NCc1ccc(Cl)cc1)N1CCc2c([nH]c3ccc(Cl)cc23)C1. The number of hydrogen-bond acceptors (Lipinski definition) is 6. The molecule has 4 heterocycles. The van der Waals surface area contributed by atoms with E-state index in [0.717, 1.165) is 68.4 Å². The molecule has 2 aromatic heterocycles. The van der Waals surface area contributed by atoms with Crippen LogP contribution in [-0.2, 0) is 64.7 Å². The highest BCUT2D eigenvalue weighted by Crippen LogP contribution is 2.31. The van der Waals surface area contributed by atoms with Gasteiger partial charge in [-0.25, -0.2) is 8.42 Å². The molecular weight excluding hydrogens is 989 g/mol. The average Bonchev–Trinajstić information content (AvgIpc) is 3.81. The summed E-state index contributed by atoms with van der Waals surface area (Å²) in [5, 5.41) is 9.22. The van der Waals surface area contributed by atoms with E-state index in [1.165, 1.54) is 26.5 Å². The van der Waals surface area contributed by atoms with Crippen molar-refractivity contribution in [2.75, 3.05) is 18.8 Å². The standard InChI is InChI=1S/C18H17Cl2N3O2S.C11H11ClN2.C8H8Cl2O2S.C7H8ClN.ClH/c19-13-3-1-12(2-4-13)10-21-26(24,25)23-8-7-15-16-9-14(20)5-6-17(16)22-18(15)11-23;12-7-1-2-10-9(5-7)8-3-4-13-6-11(8)14-10;9-8-3-1-7(2-4-8)5-6-13(10,11)12;8-7-3-1-6(5-9)2-4-7;/h1-6,9,21-22H,7-8,10-11H2;1-2,5,13-14H,3-4,6H2;1-4H,5-6H2;1-4H,5,9H2;1H. The predicted molar refractivity (Wildman–Crippen MR) is 265 cm³/mol. The van der Waals surface area contributed by atoms with Crippen molar-refractivity contribution in [1.29, 1.82) is 0 Å². The number of H-pyrrole nitrogens is 2. The van der Waals surface area contributed by atoms with Crippen molar-refractivity contribution in [3.8, 4) is 0 Å². The van der Waals surface area contributed by atoms with E-state index in [0.29, 0.717) is 47.5 Å². The maximum atomic E-state index is 12.7. The van der Waals surface area contributed by atoms with E-state index in [4.69, 9.17) is 74.4 Å². The van der Waals surface area contributed by atoms with Crippen LogP contribution in [0.4, 0.5) is 0 Å². The number of nitrogens with zero attached hydrogens (tertiary/aromatic N) is 1. The summed E-state index contributed by atoms with van der Waals surface area (Å²) in [5.74, 6) is -0.0454. The summed E-state index contributed by atoms with van der Waals surface area (Å²) in [7, 11) is -1.91. The third-order valence-corrected chi connectivity index (χ3v) is 14.0. The van der Waals surface area contributed by atoms with Crippen LogP contribution in [0.25, 0.3) is 21.8 Å². The summed E-state index contributed by atoms with van der Waals surface area (Å²) in [4.78, 5) is 6.74. The van der Waals surface area contributed by atoms with Crippen LogP contribution in [0.15, 0.2) is 109 Å². The third-order valence-electron chi connectivity index (χ3n) is 10.1. The molecule has 0 aliphatic carbocycles. The highest BCUT2D eigenvalue weighted by atomic mass is 35.7. The summed E-state index contributed by atoms with van der Waals surface area (Å²) >= 11 is 29.2. The van der Waals surface area contributed by atoms with Crippen LogP contribution >= 0.6 is 81.1 Å². The van der Waals surface area contributed by atoms with Crippen LogP contribution in [0.2, 0.25) is 25.1 Å². The van der Waals surface area contributed by atoms with Gasteiger partial charge in [-0.05, 0) is 126 Å². The zero-order valence-electron chi connectivity index (χ0n) is 33.6. The molecule has 10 nitrogen and oxygen atoms in total. The highest BCUT2D eigenvalue weighted by Gasteiger charge is 2.28. The molecule has 0 unspecified atom stereocenters. The van der Waals surface area contributed by atoms with Gasteiger partial charge in [-0.3, -0.25) is 0 Å². The Morgan fingerprint density at radius 2 is 1.10 bits per heavy atom. The molecular formula is C44H45Cl7N6O4S2. The molecule has 2 aliphatic heterocycles. The van der Waals surface area contributed by atoms with E-state index >= 15 is 0 Å². The summed E-state index contributed by atoms with van der Waals surface area (Å²) in [6.07, 6.45) is 2.16. The third kappa shape index (κ3) is 15.0. The molecule has 0 saturated heterocycles. The molecule has 2 aliphatic rings. The fraction of sp³-hybridized carbons (Fsp3) is 0.227. The Morgan fingerprint density at radius 3 is 1.62 bits per heavy atom. The molecule has 336 valence electrons. The first-order valence-corrected chi connectivity index (χ1v) is 25.3. The molecule has 0 saturated carbocycles. The van der Waals surface area contributed by atoms with Crippen molar-refractivity contribution < 1.29 is 16.8 Å². The second-order valence-corrected chi connectivity index (χ2v) is 21.3. The summed E-state index contributed by atoms with van der Waals surface area (Å²) in [6.45, 7) is 3.57. The van der Waals surface area contributed by atoms with Crippen molar-refractivity contribution in [3.05, 3.63) is 174 Å². The predicted octanol–water partition coefficient (Wildman–Crippen LogP) is 11.0. The van der Waals surface area contributed by atoms with Crippen LogP contribution in [-0.4, -0.2) is 50.0 Å². The van der Waals surface area contributed by atoms with Gasteiger partial charge >= 0.3 is 0 Å². The zero-order valence-corrected chi connectivity index (χ0v) is 40.6. The Morgan fingerprint density at radius 1 is 0.619 bits per heavy atom. The van der Waals surface area contributed by atoms with Gasteiger partial charge in [0.05, 0.1) is 12.3 Å². The van der Waals surface area contributed by atoms with Crippen LogP contribution in [0.5, 0.6) is 0 Å². The lowest BCUT2D eigenvalue weighted by Crippen LogP contribution is -2.43. The number of nitrogens with one attached hydrogen (secondary N) is 4. The van der Waals surface area contributed by atoms with Gasteiger partial charge < -0.3 is 21.0 Å². The van der Waals surface area contributed by atoms with Gasteiger partial charge in [0.1, 0.15) is 0 Å². The smallest absolute Gasteiger partial charge is 0.280 e. The molecule has 19 heteroatoms. The lowest BCUT2D eigenvalue weighted by atomic mass is 10.0. The summed E-state index contributed by atoms with van der Waals surface area (Å²) in [5.41, 5.74) is 15.2. The minimum Gasteiger partial charge on any atom is -0.357 e. The Hall–Kier alpha value is -3.05. The van der Waals surface area contributed by atoms with Gasteiger partial charge in [-0.1, -0.05) is 94.4 Å². The van der Waals surface area contributed by atoms with E-state index in [9.17, 15) is 16.8 Å². The monoisotopic (exact) mass is 1030 g/mol. The Balaban J connectivity index is 0.000000172. The summed E-state index contributed by atoms with van der Waals surface area (Å²) < 4.78 is 50.7. The van der Waals surface area contributed by atoms with E-state index in [-0.39, 0.29) is 24.7 Å². The lowest BCUT2D eigenvalue weighted by molar-refractivity contribution is 0.381. The van der Waals surface area contributed by atoms with Crippen molar-refractivity contribution >= 4 is 122 Å². The molecule has 9 rings (SSSR count). The van der Waals surface area contributed by atoms with Gasteiger partial charge in [0, 0.05) is 95.2 Å². The number of hydrogen-bond donors (Lipinski definition) is 5. The van der Waals surface area contributed by atoms with Gasteiger partial charge in [0.15, 0.2) is 0 Å². The maximum Gasteiger partial charge on any atom is 0.280 e. The first-order valence-electron chi connectivity index (χ1n) is 19.5. The Kier molecular flexibility index (Phi) is 18.9. The van der Waals surface area contributed by atoms with Crippen LogP contribution in [0.3, 0.4) is 0 Å². The first kappa shape index (κ1) is 50.9. The quantitative estimate of drug-likeness (QED) is 0.0956. The van der Waals surface area contributed by atoms with Crippen molar-refractivity contribution in [2.24, 2.45) is 5.73 Å². The minimum absolute atomic E-state index is 0. The Labute approximate surface area is 403 Å².